The van der Waals surface area contributed by atoms with Crippen molar-refractivity contribution in [3.05, 3.63) is 28.8 Å². The van der Waals surface area contributed by atoms with Crippen molar-refractivity contribution in [2.45, 2.75) is 56.6 Å². The Balaban J connectivity index is 1.46. The lowest BCUT2D eigenvalue weighted by Gasteiger charge is -2.69. The van der Waals surface area contributed by atoms with E-state index in [0.717, 1.165) is 34.5 Å². The summed E-state index contributed by atoms with van der Waals surface area (Å²) in [5.74, 6) is 0. The van der Waals surface area contributed by atoms with Crippen LogP contribution in [0.25, 0.3) is 10.2 Å². The zero-order valence-electron chi connectivity index (χ0n) is 14.0. The van der Waals surface area contributed by atoms with Crippen molar-refractivity contribution in [1.29, 1.82) is 5.26 Å². The fourth-order valence-corrected chi connectivity index (χ4v) is 5.08. The number of ether oxygens (including phenoxy) is 1. The molecule has 2 bridgehead atoms. The molecule has 5 rings (SSSR count). The molecule has 1 aromatic carbocycles. The molecule has 0 spiro atoms. The highest BCUT2D eigenvalue weighted by atomic mass is 32.1. The summed E-state index contributed by atoms with van der Waals surface area (Å²) >= 11 is 1.67. The van der Waals surface area contributed by atoms with Gasteiger partial charge in [0.2, 0.25) is 0 Å². The summed E-state index contributed by atoms with van der Waals surface area (Å²) in [5, 5.41) is 13.2. The number of aromatic nitrogens is 1. The Morgan fingerprint density at radius 1 is 1.38 bits per heavy atom. The smallest absolute Gasteiger partial charge is 0.408 e. The number of nitriles is 1. The SMILES string of the molecule is CC(C)(C)OC(=O)NC12CC(c3nc4ccc(C#N)cc4s3)(C1)C2. The highest BCUT2D eigenvalue weighted by molar-refractivity contribution is 7.18. The van der Waals surface area contributed by atoms with Gasteiger partial charge in [0.05, 0.1) is 21.8 Å². The Kier molecular flexibility index (Phi) is 3.02. The van der Waals surface area contributed by atoms with Gasteiger partial charge in [-0.1, -0.05) is 0 Å². The van der Waals surface area contributed by atoms with Crippen LogP contribution in [-0.2, 0) is 10.2 Å². The predicted molar refractivity (Wildman–Crippen MR) is 92.0 cm³/mol. The van der Waals surface area contributed by atoms with Crippen molar-refractivity contribution in [3.8, 4) is 6.07 Å². The van der Waals surface area contributed by atoms with Gasteiger partial charge in [0.1, 0.15) is 10.6 Å². The fraction of sp³-hybridized carbons (Fsp3) is 0.500. The van der Waals surface area contributed by atoms with Crippen molar-refractivity contribution in [3.63, 3.8) is 0 Å². The second kappa shape index (κ2) is 4.70. The van der Waals surface area contributed by atoms with Crippen LogP contribution in [0.1, 0.15) is 50.6 Å². The van der Waals surface area contributed by atoms with Crippen LogP contribution in [0, 0.1) is 11.3 Å². The van der Waals surface area contributed by atoms with Crippen molar-refractivity contribution >= 4 is 27.6 Å². The zero-order valence-corrected chi connectivity index (χ0v) is 14.8. The van der Waals surface area contributed by atoms with E-state index in [2.05, 4.69) is 11.4 Å². The van der Waals surface area contributed by atoms with Gasteiger partial charge in [-0.15, -0.1) is 11.3 Å². The van der Waals surface area contributed by atoms with Crippen LogP contribution in [0.5, 0.6) is 0 Å². The van der Waals surface area contributed by atoms with Crippen molar-refractivity contribution in [2.75, 3.05) is 0 Å². The standard InChI is InChI=1S/C18H19N3O2S/c1-16(2,3)23-15(22)21-18-8-17(9-18,10-18)14-20-12-5-4-11(7-19)6-13(12)24-14/h4-6H,8-10H2,1-3H3,(H,21,22). The zero-order chi connectivity index (χ0) is 17.2. The number of thiazole rings is 1. The average Bonchev–Trinajstić information content (AvgIpc) is 2.81. The maximum absolute atomic E-state index is 12.0. The van der Waals surface area contributed by atoms with Gasteiger partial charge in [-0.05, 0) is 58.2 Å². The number of fused-ring (bicyclic) bond motifs is 1. The first-order valence-corrected chi connectivity index (χ1v) is 8.87. The minimum absolute atomic E-state index is 0.103. The Morgan fingerprint density at radius 3 is 2.71 bits per heavy atom. The van der Waals surface area contributed by atoms with E-state index in [-0.39, 0.29) is 17.0 Å². The van der Waals surface area contributed by atoms with Gasteiger partial charge in [-0.3, -0.25) is 0 Å². The van der Waals surface area contributed by atoms with Gasteiger partial charge in [0, 0.05) is 11.0 Å². The number of amides is 1. The largest absolute Gasteiger partial charge is 0.444 e. The first-order chi connectivity index (χ1) is 11.2. The first kappa shape index (κ1) is 15.4. The molecule has 2 aromatic rings. The van der Waals surface area contributed by atoms with E-state index in [1.165, 1.54) is 0 Å². The van der Waals surface area contributed by atoms with Gasteiger partial charge in [-0.2, -0.15) is 5.26 Å². The summed E-state index contributed by atoms with van der Waals surface area (Å²) in [6, 6.07) is 7.78. The first-order valence-electron chi connectivity index (χ1n) is 8.05. The maximum atomic E-state index is 12.0. The van der Waals surface area contributed by atoms with Crippen LogP contribution in [0.2, 0.25) is 0 Å². The van der Waals surface area contributed by atoms with E-state index in [1.54, 1.807) is 17.4 Å². The van der Waals surface area contributed by atoms with E-state index in [4.69, 9.17) is 15.0 Å². The molecule has 0 radical (unpaired) electrons. The number of nitrogens with zero attached hydrogens (tertiary/aromatic N) is 2. The monoisotopic (exact) mass is 341 g/mol. The molecule has 0 saturated heterocycles. The number of benzene rings is 1. The van der Waals surface area contributed by atoms with Crippen molar-refractivity contribution in [1.82, 2.24) is 10.3 Å². The Labute approximate surface area is 144 Å². The topological polar surface area (TPSA) is 75.0 Å². The Hall–Kier alpha value is -2.13. The molecule has 1 N–H and O–H groups in total. The summed E-state index contributed by atoms with van der Waals surface area (Å²) < 4.78 is 6.41. The number of hydrogen-bond donors (Lipinski definition) is 1. The van der Waals surface area contributed by atoms with Gasteiger partial charge < -0.3 is 10.1 Å². The third-order valence-electron chi connectivity index (χ3n) is 4.77. The van der Waals surface area contributed by atoms with Crippen molar-refractivity contribution in [2.24, 2.45) is 0 Å². The summed E-state index contributed by atoms with van der Waals surface area (Å²) in [5.41, 5.74) is 1.13. The molecular formula is C18H19N3O2S. The molecule has 3 fully saturated rings. The van der Waals surface area contributed by atoms with E-state index in [0.29, 0.717) is 5.56 Å². The third-order valence-corrected chi connectivity index (χ3v) is 6.03. The Bertz CT molecular complexity index is 868. The molecule has 24 heavy (non-hydrogen) atoms. The second-order valence-corrected chi connectivity index (χ2v) is 9.06. The number of carbonyl (C=O) groups is 1. The van der Waals surface area contributed by atoms with E-state index < -0.39 is 5.60 Å². The van der Waals surface area contributed by atoms with E-state index in [9.17, 15) is 4.79 Å². The molecule has 3 saturated carbocycles. The van der Waals surface area contributed by atoms with E-state index >= 15 is 0 Å². The maximum Gasteiger partial charge on any atom is 0.408 e. The molecule has 1 amide bonds. The molecule has 0 unspecified atom stereocenters. The van der Waals surface area contributed by atoms with Gasteiger partial charge in [-0.25, -0.2) is 9.78 Å². The molecule has 1 heterocycles. The van der Waals surface area contributed by atoms with Crippen molar-refractivity contribution < 1.29 is 9.53 Å². The molecule has 3 aliphatic carbocycles. The molecule has 6 heteroatoms. The summed E-state index contributed by atoms with van der Waals surface area (Å²) in [4.78, 5) is 16.7. The quantitative estimate of drug-likeness (QED) is 0.900. The minimum Gasteiger partial charge on any atom is -0.444 e. The number of hydrogen-bond acceptors (Lipinski definition) is 5. The normalized spacial score (nSPS) is 27.8. The summed E-state index contributed by atoms with van der Waals surface area (Å²) in [7, 11) is 0. The van der Waals surface area contributed by atoms with Gasteiger partial charge in [0.25, 0.3) is 0 Å². The number of alkyl carbamates (subject to hydrolysis) is 1. The second-order valence-electron chi connectivity index (χ2n) is 8.03. The lowest BCUT2D eigenvalue weighted by Crippen LogP contribution is -2.76. The lowest BCUT2D eigenvalue weighted by atomic mass is 9.39. The molecule has 0 atom stereocenters. The predicted octanol–water partition coefficient (Wildman–Crippen LogP) is 3.87. The molecule has 0 aliphatic heterocycles. The average molecular weight is 341 g/mol. The highest BCUT2D eigenvalue weighted by Gasteiger charge is 2.70. The molecule has 5 nitrogen and oxygen atoms in total. The summed E-state index contributed by atoms with van der Waals surface area (Å²) in [6.07, 6.45) is 2.43. The molecule has 3 aliphatic rings. The number of carbonyl (C=O) groups excluding carboxylic acids is 1. The number of rotatable bonds is 2. The molecule has 1 aromatic heterocycles. The minimum atomic E-state index is -0.475. The van der Waals surface area contributed by atoms with E-state index in [1.807, 2.05) is 32.9 Å². The fourth-order valence-electron chi connectivity index (χ4n) is 3.89. The lowest BCUT2D eigenvalue weighted by molar-refractivity contribution is -0.0883. The van der Waals surface area contributed by atoms with Crippen LogP contribution in [0.4, 0.5) is 4.79 Å². The van der Waals surface area contributed by atoms with Crippen LogP contribution in [0.15, 0.2) is 18.2 Å². The van der Waals surface area contributed by atoms with Gasteiger partial charge >= 0.3 is 6.09 Å². The van der Waals surface area contributed by atoms with Crippen LogP contribution >= 0.6 is 11.3 Å². The van der Waals surface area contributed by atoms with Crippen LogP contribution < -0.4 is 5.32 Å². The molecular weight excluding hydrogens is 322 g/mol. The van der Waals surface area contributed by atoms with Crippen LogP contribution in [-0.4, -0.2) is 22.2 Å². The molecule has 124 valence electrons. The Morgan fingerprint density at radius 2 is 2.08 bits per heavy atom. The van der Waals surface area contributed by atoms with Crippen LogP contribution in [0.3, 0.4) is 0 Å². The van der Waals surface area contributed by atoms with Gasteiger partial charge in [0.15, 0.2) is 0 Å². The highest BCUT2D eigenvalue weighted by Crippen LogP contribution is 2.68. The number of nitrogens with one attached hydrogen (secondary N) is 1. The third kappa shape index (κ3) is 2.35. The summed E-state index contributed by atoms with van der Waals surface area (Å²) in [6.45, 7) is 5.60.